The van der Waals surface area contributed by atoms with Crippen molar-refractivity contribution in [3.63, 3.8) is 0 Å². The van der Waals surface area contributed by atoms with E-state index in [0.717, 1.165) is 34.0 Å². The van der Waals surface area contributed by atoms with Crippen LogP contribution in [0.5, 0.6) is 11.5 Å². The molecular weight excluding hydrogens is 514 g/mol. The van der Waals surface area contributed by atoms with Crippen molar-refractivity contribution in [2.45, 2.75) is 12.7 Å². The molecule has 39 heavy (non-hydrogen) atoms. The summed E-state index contributed by atoms with van der Waals surface area (Å²) >= 11 is 0. The molecule has 5 rings (SSSR count). The summed E-state index contributed by atoms with van der Waals surface area (Å²) in [7, 11) is -3.54. The van der Waals surface area contributed by atoms with E-state index in [9.17, 15) is 13.5 Å². The van der Waals surface area contributed by atoms with Crippen molar-refractivity contribution >= 4 is 37.5 Å². The van der Waals surface area contributed by atoms with Crippen LogP contribution in [-0.2, 0) is 16.6 Å². The van der Waals surface area contributed by atoms with E-state index in [0.29, 0.717) is 24.5 Å². The number of aliphatic hydroxyl groups is 1. The summed E-state index contributed by atoms with van der Waals surface area (Å²) in [5.74, 6) is 1.15. The maximum atomic E-state index is 11.9. The van der Waals surface area contributed by atoms with Gasteiger partial charge in [0.25, 0.3) is 0 Å². The van der Waals surface area contributed by atoms with Gasteiger partial charge in [-0.2, -0.15) is 0 Å². The maximum Gasteiger partial charge on any atom is 0.229 e. The quantitative estimate of drug-likeness (QED) is 0.165. The highest BCUT2D eigenvalue weighted by Gasteiger charge is 2.14. The van der Waals surface area contributed by atoms with Gasteiger partial charge < -0.3 is 24.9 Å². The number of para-hydroxylation sites is 1. The van der Waals surface area contributed by atoms with E-state index >= 15 is 0 Å². The Hall–Kier alpha value is -4.05. The van der Waals surface area contributed by atoms with Crippen molar-refractivity contribution in [1.82, 2.24) is 10.3 Å². The van der Waals surface area contributed by atoms with E-state index in [2.05, 4.69) is 33.2 Å². The first kappa shape index (κ1) is 26.6. The smallest absolute Gasteiger partial charge is 0.229 e. The molecule has 1 heterocycles. The second-order valence-electron chi connectivity index (χ2n) is 9.35. The number of benzene rings is 4. The van der Waals surface area contributed by atoms with Gasteiger partial charge in [0.2, 0.25) is 10.0 Å². The molecule has 1 unspecified atom stereocenters. The number of ether oxygens (including phenoxy) is 2. The molecular formula is C30H31N3O5S. The monoisotopic (exact) mass is 545 g/mol. The van der Waals surface area contributed by atoms with E-state index in [4.69, 9.17) is 9.47 Å². The lowest BCUT2D eigenvalue weighted by molar-refractivity contribution is 0.172. The van der Waals surface area contributed by atoms with Gasteiger partial charge >= 0.3 is 0 Å². The zero-order valence-electron chi connectivity index (χ0n) is 21.6. The topological polar surface area (TPSA) is 113 Å². The Balaban J connectivity index is 1.15. The number of hydrogen-bond donors (Lipinski definition) is 4. The van der Waals surface area contributed by atoms with E-state index < -0.39 is 16.1 Å². The molecule has 0 spiro atoms. The molecule has 1 atom stereocenters. The maximum absolute atomic E-state index is 11.9. The average molecular weight is 546 g/mol. The molecule has 0 saturated heterocycles. The highest BCUT2D eigenvalue weighted by Crippen LogP contribution is 2.30. The SMILES string of the molecule is CS(=O)(=O)Nc1cc(C(O)CNCCOc2ccc3c(c2)[nH]c2ccccc23)ccc1OCc1ccccc1. The van der Waals surface area contributed by atoms with Crippen LogP contribution in [0, 0.1) is 0 Å². The number of anilines is 1. The molecule has 4 aromatic carbocycles. The Morgan fingerprint density at radius 3 is 2.46 bits per heavy atom. The first-order valence-corrected chi connectivity index (χ1v) is 14.6. The fourth-order valence-electron chi connectivity index (χ4n) is 4.42. The molecule has 0 amide bonds. The number of hydrogen-bond acceptors (Lipinski definition) is 6. The zero-order valence-corrected chi connectivity index (χ0v) is 22.4. The summed E-state index contributed by atoms with van der Waals surface area (Å²) in [6.45, 7) is 1.50. The first-order chi connectivity index (χ1) is 18.9. The van der Waals surface area contributed by atoms with Crippen LogP contribution >= 0.6 is 0 Å². The van der Waals surface area contributed by atoms with Gasteiger partial charge in [0.15, 0.2) is 0 Å². The van der Waals surface area contributed by atoms with E-state index in [1.165, 1.54) is 5.39 Å². The molecule has 4 N–H and O–H groups in total. The summed E-state index contributed by atoms with van der Waals surface area (Å²) in [5.41, 5.74) is 3.91. The van der Waals surface area contributed by atoms with Crippen LogP contribution in [0.3, 0.4) is 0 Å². The molecule has 0 aliphatic heterocycles. The van der Waals surface area contributed by atoms with Crippen LogP contribution in [0.1, 0.15) is 17.2 Å². The third kappa shape index (κ3) is 6.88. The number of aromatic amines is 1. The number of rotatable bonds is 12. The molecule has 0 fully saturated rings. The molecule has 9 heteroatoms. The van der Waals surface area contributed by atoms with Gasteiger partial charge in [-0.1, -0.05) is 54.6 Å². The number of nitrogens with one attached hydrogen (secondary N) is 3. The third-order valence-corrected chi connectivity index (χ3v) is 6.87. The fraction of sp³-hybridized carbons (Fsp3) is 0.200. The molecule has 8 nitrogen and oxygen atoms in total. The van der Waals surface area contributed by atoms with Crippen LogP contribution in [0.15, 0.2) is 91.0 Å². The van der Waals surface area contributed by atoms with E-state index in [1.54, 1.807) is 18.2 Å². The summed E-state index contributed by atoms with van der Waals surface area (Å²) < 4.78 is 38.1. The van der Waals surface area contributed by atoms with E-state index in [-0.39, 0.29) is 18.8 Å². The van der Waals surface area contributed by atoms with Gasteiger partial charge in [0.05, 0.1) is 23.6 Å². The van der Waals surface area contributed by atoms with Crippen LogP contribution in [-0.4, -0.2) is 44.5 Å². The van der Waals surface area contributed by atoms with Gasteiger partial charge in [-0.15, -0.1) is 0 Å². The molecule has 5 aromatic rings. The van der Waals surface area contributed by atoms with Crippen molar-refractivity contribution in [2.75, 3.05) is 30.7 Å². The summed E-state index contributed by atoms with van der Waals surface area (Å²) in [6.07, 6.45) is 0.227. The number of sulfonamides is 1. The number of aliphatic hydroxyl groups excluding tert-OH is 1. The minimum absolute atomic E-state index is 0.271. The van der Waals surface area contributed by atoms with Crippen LogP contribution in [0.4, 0.5) is 5.69 Å². The van der Waals surface area contributed by atoms with Gasteiger partial charge in [-0.25, -0.2) is 8.42 Å². The molecule has 202 valence electrons. The Labute approximate surface area is 227 Å². The lowest BCUT2D eigenvalue weighted by Crippen LogP contribution is -2.26. The van der Waals surface area contributed by atoms with Crippen molar-refractivity contribution in [2.24, 2.45) is 0 Å². The predicted molar refractivity (Wildman–Crippen MR) is 155 cm³/mol. The van der Waals surface area contributed by atoms with Gasteiger partial charge in [-0.05, 0) is 41.5 Å². The van der Waals surface area contributed by atoms with E-state index in [1.807, 2.05) is 54.6 Å². The summed E-state index contributed by atoms with van der Waals surface area (Å²) in [5, 5.41) is 16.2. The molecule has 0 aliphatic carbocycles. The number of H-pyrrole nitrogens is 1. The summed E-state index contributed by atoms with van der Waals surface area (Å²) in [6, 6.07) is 28.8. The van der Waals surface area contributed by atoms with Crippen molar-refractivity contribution in [1.29, 1.82) is 0 Å². The fourth-order valence-corrected chi connectivity index (χ4v) is 4.98. The Bertz CT molecular complexity index is 1670. The van der Waals surface area contributed by atoms with Crippen LogP contribution < -0.4 is 19.5 Å². The highest BCUT2D eigenvalue weighted by molar-refractivity contribution is 7.92. The first-order valence-electron chi connectivity index (χ1n) is 12.7. The predicted octanol–water partition coefficient (Wildman–Crippen LogP) is 4.97. The van der Waals surface area contributed by atoms with Crippen LogP contribution in [0.2, 0.25) is 0 Å². The highest BCUT2D eigenvalue weighted by atomic mass is 32.2. The van der Waals surface area contributed by atoms with Gasteiger partial charge in [0.1, 0.15) is 24.7 Å². The average Bonchev–Trinajstić information content (AvgIpc) is 3.29. The Morgan fingerprint density at radius 1 is 0.872 bits per heavy atom. The molecule has 1 aromatic heterocycles. The number of aromatic nitrogens is 1. The normalized spacial score (nSPS) is 12.5. The third-order valence-electron chi connectivity index (χ3n) is 6.28. The second-order valence-corrected chi connectivity index (χ2v) is 11.1. The minimum atomic E-state index is -3.54. The Morgan fingerprint density at radius 2 is 1.64 bits per heavy atom. The molecule has 0 radical (unpaired) electrons. The molecule has 0 saturated carbocycles. The minimum Gasteiger partial charge on any atom is -0.492 e. The van der Waals surface area contributed by atoms with Crippen molar-refractivity contribution in [3.8, 4) is 11.5 Å². The largest absolute Gasteiger partial charge is 0.492 e. The van der Waals surface area contributed by atoms with Crippen LogP contribution in [0.25, 0.3) is 21.8 Å². The van der Waals surface area contributed by atoms with Crippen molar-refractivity contribution in [3.05, 3.63) is 102 Å². The number of fused-ring (bicyclic) bond motifs is 3. The zero-order chi connectivity index (χ0) is 27.2. The van der Waals surface area contributed by atoms with Gasteiger partial charge in [-0.3, -0.25) is 4.72 Å². The lowest BCUT2D eigenvalue weighted by Gasteiger charge is -2.17. The Kier molecular flexibility index (Phi) is 8.02. The lowest BCUT2D eigenvalue weighted by atomic mass is 10.1. The molecule has 0 bridgehead atoms. The summed E-state index contributed by atoms with van der Waals surface area (Å²) in [4.78, 5) is 3.41. The second kappa shape index (κ2) is 11.8. The molecule has 0 aliphatic rings. The van der Waals surface area contributed by atoms with Gasteiger partial charge in [0, 0.05) is 35.4 Å². The van der Waals surface area contributed by atoms with Crippen molar-refractivity contribution < 1.29 is 23.0 Å². The standard InChI is InChI=1S/C30H31N3O5S/c1-39(35,36)33-28-17-22(11-14-30(28)38-20-21-7-3-2-4-8-21)29(34)19-31-15-16-37-23-12-13-25-24-9-5-6-10-26(24)32-27(25)18-23/h2-14,17-18,29,31-34H,15-16,19-20H2,1H3.